The summed E-state index contributed by atoms with van der Waals surface area (Å²) in [5, 5.41) is 26.6. The van der Waals surface area contributed by atoms with E-state index in [0.29, 0.717) is 57.6 Å². The third kappa shape index (κ3) is 5.13. The lowest BCUT2D eigenvalue weighted by atomic mass is 10.0. The van der Waals surface area contributed by atoms with Crippen LogP contribution in [0.4, 0.5) is 15.8 Å². The second-order valence-electron chi connectivity index (χ2n) is 9.63. The fourth-order valence-electron chi connectivity index (χ4n) is 4.64. The third-order valence-electron chi connectivity index (χ3n) is 6.88. The first kappa shape index (κ1) is 24.8. The molecule has 5 aromatic rings. The van der Waals surface area contributed by atoms with Crippen molar-refractivity contribution >= 4 is 33.9 Å². The van der Waals surface area contributed by atoms with E-state index >= 15 is 0 Å². The molecule has 1 fully saturated rings. The Kier molecular flexibility index (Phi) is 6.59. The molecule has 0 radical (unpaired) electrons. The van der Waals surface area contributed by atoms with Crippen LogP contribution in [0, 0.1) is 17.1 Å². The van der Waals surface area contributed by atoms with Crippen molar-refractivity contribution in [2.45, 2.75) is 31.3 Å². The van der Waals surface area contributed by atoms with Crippen LogP contribution in [0.3, 0.4) is 0 Å². The van der Waals surface area contributed by atoms with Gasteiger partial charge in [-0.15, -0.1) is 5.10 Å². The molecular formula is C28H25ClFN9. The Hall–Kier alpha value is -4.49. The Morgan fingerprint density at radius 1 is 1.21 bits per heavy atom. The summed E-state index contributed by atoms with van der Waals surface area (Å²) < 4.78 is 17.6. The molecule has 0 spiro atoms. The Morgan fingerprint density at radius 3 is 2.74 bits per heavy atom. The van der Waals surface area contributed by atoms with Crippen LogP contribution in [0.2, 0.25) is 5.02 Å². The van der Waals surface area contributed by atoms with E-state index < -0.39 is 6.04 Å². The molecule has 9 nitrogen and oxygen atoms in total. The zero-order valence-electron chi connectivity index (χ0n) is 21.1. The molecule has 6 rings (SSSR count). The van der Waals surface area contributed by atoms with Crippen molar-refractivity contribution < 1.29 is 4.39 Å². The minimum absolute atomic E-state index is 0.316. The molecule has 1 aliphatic rings. The monoisotopic (exact) mass is 541 g/mol. The van der Waals surface area contributed by atoms with Gasteiger partial charge in [-0.05, 0) is 42.7 Å². The maximum Gasteiger partial charge on any atom is 0.123 e. The van der Waals surface area contributed by atoms with Gasteiger partial charge in [0.15, 0.2) is 0 Å². The molecular weight excluding hydrogens is 517 g/mol. The standard InChI is InChI=1S/C28H25ClFN9/c1-38-11-10-32-25(38)8-9-33-26-18(14-31)15-34-28-22(26)12-20(13-23(28)29)35-27(17-2-4-19(30)5-3-17)24-16-39(37-36-24)21-6-7-21/h2-5,10-13,15-16,21,27,35H,6-9H2,1H3,(H,33,34). The molecule has 1 saturated carbocycles. The maximum atomic E-state index is 13.7. The predicted molar refractivity (Wildman–Crippen MR) is 147 cm³/mol. The van der Waals surface area contributed by atoms with Gasteiger partial charge in [0.25, 0.3) is 0 Å². The molecule has 0 amide bonds. The van der Waals surface area contributed by atoms with E-state index in [0.717, 1.165) is 24.2 Å². The van der Waals surface area contributed by atoms with E-state index in [1.165, 1.54) is 18.3 Å². The van der Waals surface area contributed by atoms with E-state index in [1.54, 1.807) is 24.4 Å². The quantitative estimate of drug-likeness (QED) is 0.256. The van der Waals surface area contributed by atoms with Crippen LogP contribution >= 0.6 is 11.6 Å². The lowest BCUT2D eigenvalue weighted by Gasteiger charge is -2.20. The lowest BCUT2D eigenvalue weighted by molar-refractivity contribution is 0.610. The predicted octanol–water partition coefficient (Wildman–Crippen LogP) is 5.41. The van der Waals surface area contributed by atoms with Gasteiger partial charge in [0.2, 0.25) is 0 Å². The summed E-state index contributed by atoms with van der Waals surface area (Å²) in [5.41, 5.74) is 3.89. The van der Waals surface area contributed by atoms with Crippen molar-refractivity contribution in [1.82, 2.24) is 29.5 Å². The van der Waals surface area contributed by atoms with Crippen molar-refractivity contribution in [3.05, 3.63) is 94.7 Å². The number of aryl methyl sites for hydroxylation is 1. The Morgan fingerprint density at radius 2 is 2.03 bits per heavy atom. The first-order valence-electron chi connectivity index (χ1n) is 12.7. The zero-order chi connectivity index (χ0) is 26.9. The maximum absolute atomic E-state index is 13.7. The molecule has 1 atom stereocenters. The fourth-order valence-corrected chi connectivity index (χ4v) is 4.91. The van der Waals surface area contributed by atoms with Gasteiger partial charge in [0, 0.05) is 49.7 Å². The number of hydrogen-bond acceptors (Lipinski definition) is 7. The van der Waals surface area contributed by atoms with Crippen LogP contribution < -0.4 is 10.6 Å². The van der Waals surface area contributed by atoms with Gasteiger partial charge in [0.1, 0.15) is 23.4 Å². The molecule has 2 N–H and O–H groups in total. The molecule has 11 heteroatoms. The van der Waals surface area contributed by atoms with E-state index in [4.69, 9.17) is 11.6 Å². The molecule has 3 heterocycles. The van der Waals surface area contributed by atoms with Crippen molar-refractivity contribution in [2.24, 2.45) is 7.05 Å². The normalized spacial score (nSPS) is 13.8. The molecule has 3 aromatic heterocycles. The van der Waals surface area contributed by atoms with Gasteiger partial charge in [0.05, 0.1) is 40.1 Å². The van der Waals surface area contributed by atoms with Crippen LogP contribution in [-0.4, -0.2) is 36.1 Å². The topological polar surface area (TPSA) is 109 Å². The summed E-state index contributed by atoms with van der Waals surface area (Å²) in [6, 6.07) is 12.2. The van der Waals surface area contributed by atoms with Gasteiger partial charge in [-0.25, -0.2) is 14.1 Å². The van der Waals surface area contributed by atoms with Crippen LogP contribution in [0.1, 0.15) is 47.6 Å². The molecule has 39 heavy (non-hydrogen) atoms. The fraction of sp³-hybridized carbons (Fsp3) is 0.250. The largest absolute Gasteiger partial charge is 0.383 e. The summed E-state index contributed by atoms with van der Waals surface area (Å²) in [7, 11) is 1.95. The average Bonchev–Trinajstić information content (AvgIpc) is 3.53. The number of fused-ring (bicyclic) bond motifs is 1. The molecule has 196 valence electrons. The highest BCUT2D eigenvalue weighted by atomic mass is 35.5. The highest BCUT2D eigenvalue weighted by Gasteiger charge is 2.27. The molecule has 1 unspecified atom stereocenters. The van der Waals surface area contributed by atoms with Crippen molar-refractivity contribution in [1.29, 1.82) is 5.26 Å². The van der Waals surface area contributed by atoms with Crippen molar-refractivity contribution in [3.63, 3.8) is 0 Å². The number of nitrogens with one attached hydrogen (secondary N) is 2. The first-order chi connectivity index (χ1) is 19.0. The summed E-state index contributed by atoms with van der Waals surface area (Å²) in [6.07, 6.45) is 9.97. The molecule has 2 aromatic carbocycles. The van der Waals surface area contributed by atoms with Gasteiger partial charge in [-0.2, -0.15) is 5.26 Å². The number of halogens is 2. The summed E-state index contributed by atoms with van der Waals surface area (Å²) in [5.74, 6) is 0.616. The number of anilines is 2. The summed E-state index contributed by atoms with van der Waals surface area (Å²) in [6.45, 7) is 0.566. The van der Waals surface area contributed by atoms with Crippen LogP contribution in [0.25, 0.3) is 10.9 Å². The highest BCUT2D eigenvalue weighted by molar-refractivity contribution is 6.35. The lowest BCUT2D eigenvalue weighted by Crippen LogP contribution is -2.13. The van der Waals surface area contributed by atoms with E-state index in [-0.39, 0.29) is 5.82 Å². The Labute approximate surface area is 229 Å². The molecule has 0 aliphatic heterocycles. The van der Waals surface area contributed by atoms with Crippen molar-refractivity contribution in [2.75, 3.05) is 17.2 Å². The number of imidazole rings is 1. The minimum atomic E-state index is -0.404. The number of nitriles is 1. The SMILES string of the molecule is Cn1ccnc1CCNc1c(C#N)cnc2c(Cl)cc(NC(c3ccc(F)cc3)c3cn(C4CC4)nn3)cc12. The number of rotatable bonds is 9. The minimum Gasteiger partial charge on any atom is -0.383 e. The van der Waals surface area contributed by atoms with E-state index in [1.807, 2.05) is 34.8 Å². The average molecular weight is 542 g/mol. The van der Waals surface area contributed by atoms with Crippen LogP contribution in [0.5, 0.6) is 0 Å². The van der Waals surface area contributed by atoms with Crippen LogP contribution in [0.15, 0.2) is 61.2 Å². The van der Waals surface area contributed by atoms with Gasteiger partial charge in [-0.3, -0.25) is 4.98 Å². The van der Waals surface area contributed by atoms with E-state index in [9.17, 15) is 9.65 Å². The second kappa shape index (κ2) is 10.3. The smallest absolute Gasteiger partial charge is 0.123 e. The van der Waals surface area contributed by atoms with Gasteiger partial charge < -0.3 is 15.2 Å². The molecule has 1 aliphatic carbocycles. The molecule has 0 saturated heterocycles. The summed E-state index contributed by atoms with van der Waals surface area (Å²) in [4.78, 5) is 8.82. The highest BCUT2D eigenvalue weighted by Crippen LogP contribution is 2.37. The van der Waals surface area contributed by atoms with Gasteiger partial charge in [-0.1, -0.05) is 28.9 Å². The Bertz CT molecular complexity index is 1680. The number of benzene rings is 2. The third-order valence-corrected chi connectivity index (χ3v) is 7.16. The number of pyridine rings is 1. The van der Waals surface area contributed by atoms with Gasteiger partial charge >= 0.3 is 0 Å². The van der Waals surface area contributed by atoms with E-state index in [2.05, 4.69) is 37.0 Å². The van der Waals surface area contributed by atoms with Crippen LogP contribution in [-0.2, 0) is 13.5 Å². The number of nitrogens with zero attached hydrogens (tertiary/aromatic N) is 7. The Balaban J connectivity index is 1.36. The molecule has 0 bridgehead atoms. The zero-order valence-corrected chi connectivity index (χ0v) is 21.9. The van der Waals surface area contributed by atoms with Crippen molar-refractivity contribution in [3.8, 4) is 6.07 Å². The number of hydrogen-bond donors (Lipinski definition) is 2. The second-order valence-corrected chi connectivity index (χ2v) is 10.0. The summed E-state index contributed by atoms with van der Waals surface area (Å²) >= 11 is 6.71. The number of aromatic nitrogens is 6. The first-order valence-corrected chi connectivity index (χ1v) is 13.0.